The summed E-state index contributed by atoms with van der Waals surface area (Å²) in [6.45, 7) is 5.89. The third-order valence-corrected chi connectivity index (χ3v) is 0.919. The summed E-state index contributed by atoms with van der Waals surface area (Å²) in [5.74, 6) is 0.449. The van der Waals surface area contributed by atoms with Crippen LogP contribution in [0.2, 0.25) is 0 Å². The van der Waals surface area contributed by atoms with Crippen LogP contribution in [0.4, 0.5) is 0 Å². The number of hydrogen-bond donors (Lipinski definition) is 0. The highest BCUT2D eigenvalue weighted by Crippen LogP contribution is 2.23. The minimum Gasteiger partial charge on any atom is -0.0628 e. The molecule has 0 aliphatic carbocycles. The highest BCUT2D eigenvalue weighted by molar-refractivity contribution is 4.62. The summed E-state index contributed by atoms with van der Waals surface area (Å²) in [7, 11) is 0. The average Bonchev–Trinajstić information content (AvgIpc) is 1.56. The zero-order chi connectivity index (χ0) is 9.28. The van der Waals surface area contributed by atoms with Gasteiger partial charge in [0, 0.05) is 4.11 Å². The normalized spacial score (nSPS) is 19.9. The predicted octanol–water partition coefficient (Wildman–Crippen LogP) is 3.08. The molecule has 0 aromatic heterocycles. The van der Waals surface area contributed by atoms with Crippen molar-refractivity contribution in [1.82, 2.24) is 0 Å². The molecule has 8 heavy (non-hydrogen) atoms. The van der Waals surface area contributed by atoms with Crippen molar-refractivity contribution < 1.29 is 4.11 Å². The zero-order valence-corrected chi connectivity index (χ0v) is 6.28. The van der Waals surface area contributed by atoms with Crippen LogP contribution in [0, 0.1) is 11.3 Å². The molecule has 0 rings (SSSR count). The summed E-state index contributed by atoms with van der Waals surface area (Å²) < 4.78 is 21.8. The van der Waals surface area contributed by atoms with E-state index in [2.05, 4.69) is 0 Å². The van der Waals surface area contributed by atoms with Gasteiger partial charge in [-0.15, -0.1) is 0 Å². The molecule has 0 spiro atoms. The maximum Gasteiger partial charge on any atom is 0.0236 e. The summed E-state index contributed by atoms with van der Waals surface area (Å²) in [5, 5.41) is 0. The number of hydrogen-bond acceptors (Lipinski definition) is 0. The molecule has 0 fully saturated rings. The van der Waals surface area contributed by atoms with Gasteiger partial charge in [0.05, 0.1) is 0 Å². The monoisotopic (exact) mass is 117 g/mol. The first-order valence-corrected chi connectivity index (χ1v) is 3.17. The Kier molecular flexibility index (Phi) is 1.23. The summed E-state index contributed by atoms with van der Waals surface area (Å²) in [4.78, 5) is 0. The minimum atomic E-state index is -1.82. The molecule has 0 saturated carbocycles. The fourth-order valence-corrected chi connectivity index (χ4v) is 1.02. The van der Waals surface area contributed by atoms with Gasteiger partial charge in [-0.25, -0.2) is 0 Å². The van der Waals surface area contributed by atoms with E-state index in [1.807, 2.05) is 13.8 Å². The van der Waals surface area contributed by atoms with Gasteiger partial charge in [-0.2, -0.15) is 0 Å². The summed E-state index contributed by atoms with van der Waals surface area (Å²) >= 11 is 0. The third-order valence-electron chi connectivity index (χ3n) is 0.919. The minimum absolute atomic E-state index is 0.449. The Morgan fingerprint density at radius 3 is 2.12 bits per heavy atom. The van der Waals surface area contributed by atoms with E-state index in [1.54, 1.807) is 13.8 Å². The lowest BCUT2D eigenvalue weighted by Crippen LogP contribution is -2.08. The van der Waals surface area contributed by atoms with Crippen molar-refractivity contribution in [1.29, 1.82) is 0 Å². The van der Waals surface area contributed by atoms with Crippen LogP contribution in [-0.2, 0) is 0 Å². The topological polar surface area (TPSA) is 0 Å². The molecule has 0 aromatic rings. The van der Waals surface area contributed by atoms with Crippen molar-refractivity contribution in [3.05, 3.63) is 0 Å². The molecule has 0 radical (unpaired) electrons. The van der Waals surface area contributed by atoms with Gasteiger partial charge < -0.3 is 0 Å². The molecule has 50 valence electrons. The van der Waals surface area contributed by atoms with Crippen molar-refractivity contribution in [2.24, 2.45) is 11.3 Å². The lowest BCUT2D eigenvalue weighted by molar-refractivity contribution is 0.320. The molecule has 0 amide bonds. The fourth-order valence-electron chi connectivity index (χ4n) is 1.02. The molecule has 0 unspecified atom stereocenters. The molecule has 0 aliphatic heterocycles. The Morgan fingerprint density at radius 2 is 2.00 bits per heavy atom. The highest BCUT2D eigenvalue weighted by atomic mass is 14.2. The molecular weight excluding hydrogens is 96.1 g/mol. The smallest absolute Gasteiger partial charge is 0.0236 e. The lowest BCUT2D eigenvalue weighted by Gasteiger charge is -2.19. The van der Waals surface area contributed by atoms with Crippen molar-refractivity contribution in [2.75, 3.05) is 0 Å². The van der Waals surface area contributed by atoms with E-state index < -0.39 is 12.3 Å². The van der Waals surface area contributed by atoms with Crippen molar-refractivity contribution >= 4 is 0 Å². The van der Waals surface area contributed by atoms with Gasteiger partial charge >= 0.3 is 0 Å². The van der Waals surface area contributed by atoms with Crippen LogP contribution in [0.5, 0.6) is 0 Å². The first kappa shape index (κ1) is 3.92. The SMILES string of the molecule is [2H]C([2H])([2H])C(C)(C)CC(C)C. The van der Waals surface area contributed by atoms with Gasteiger partial charge in [-0.05, 0) is 17.8 Å². The van der Waals surface area contributed by atoms with Gasteiger partial charge in [0.1, 0.15) is 0 Å². The molecule has 0 aromatic carbocycles. The van der Waals surface area contributed by atoms with Crippen molar-refractivity contribution in [3.8, 4) is 0 Å². The van der Waals surface area contributed by atoms with Crippen molar-refractivity contribution in [2.45, 2.75) is 41.0 Å². The Labute approximate surface area is 57.5 Å². The van der Waals surface area contributed by atoms with Gasteiger partial charge in [0.25, 0.3) is 0 Å². The Hall–Kier alpha value is 0. The molecule has 0 saturated heterocycles. The zero-order valence-electron chi connectivity index (χ0n) is 9.28. The fraction of sp³-hybridized carbons (Fsp3) is 1.00. The standard InChI is InChI=1S/C8H18/c1-7(2)6-8(3,4)5/h7H,6H2,1-5H3/i3D3. The van der Waals surface area contributed by atoms with Crippen LogP contribution in [0.25, 0.3) is 0 Å². The van der Waals surface area contributed by atoms with Gasteiger partial charge in [0.15, 0.2) is 0 Å². The predicted molar refractivity (Wildman–Crippen MR) is 38.9 cm³/mol. The first-order valence-electron chi connectivity index (χ1n) is 4.67. The molecule has 0 atom stereocenters. The van der Waals surface area contributed by atoms with E-state index in [1.165, 1.54) is 0 Å². The van der Waals surface area contributed by atoms with Crippen LogP contribution in [-0.4, -0.2) is 0 Å². The Morgan fingerprint density at radius 1 is 1.50 bits per heavy atom. The molecule has 0 heteroatoms. The Balaban J connectivity index is 4.22. The summed E-state index contributed by atoms with van der Waals surface area (Å²) in [6, 6.07) is 0. The molecular formula is C8H18. The van der Waals surface area contributed by atoms with Gasteiger partial charge in [-0.3, -0.25) is 0 Å². The second-order valence-corrected chi connectivity index (χ2v) is 3.48. The van der Waals surface area contributed by atoms with E-state index in [9.17, 15) is 0 Å². The third kappa shape index (κ3) is 6.00. The molecule has 0 heterocycles. The van der Waals surface area contributed by atoms with Crippen LogP contribution in [0.15, 0.2) is 0 Å². The molecule has 0 N–H and O–H groups in total. The quantitative estimate of drug-likeness (QED) is 0.495. The maximum absolute atomic E-state index is 7.26. The van der Waals surface area contributed by atoms with E-state index in [0.717, 1.165) is 6.42 Å². The first-order chi connectivity index (χ1) is 4.67. The second-order valence-electron chi connectivity index (χ2n) is 3.48. The highest BCUT2D eigenvalue weighted by Gasteiger charge is 2.11. The van der Waals surface area contributed by atoms with E-state index in [0.29, 0.717) is 5.92 Å². The van der Waals surface area contributed by atoms with Gasteiger partial charge in [-0.1, -0.05) is 34.5 Å². The van der Waals surface area contributed by atoms with Crippen LogP contribution in [0.1, 0.15) is 45.1 Å². The average molecular weight is 117 g/mol. The maximum atomic E-state index is 7.26. The van der Waals surface area contributed by atoms with E-state index in [4.69, 9.17) is 4.11 Å². The molecule has 0 aliphatic rings. The van der Waals surface area contributed by atoms with Crippen molar-refractivity contribution in [3.63, 3.8) is 0 Å². The molecule has 0 bridgehead atoms. The van der Waals surface area contributed by atoms with Gasteiger partial charge in [0.2, 0.25) is 0 Å². The summed E-state index contributed by atoms with van der Waals surface area (Å²) in [5.41, 5.74) is -0.541. The molecule has 0 nitrogen and oxygen atoms in total. The van der Waals surface area contributed by atoms with E-state index >= 15 is 0 Å². The van der Waals surface area contributed by atoms with Crippen LogP contribution < -0.4 is 0 Å². The second kappa shape index (κ2) is 2.52. The number of rotatable bonds is 1. The summed E-state index contributed by atoms with van der Waals surface area (Å²) in [6.07, 6.45) is 0.753. The Bertz CT molecular complexity index is 122. The van der Waals surface area contributed by atoms with Crippen LogP contribution >= 0.6 is 0 Å². The van der Waals surface area contributed by atoms with Crippen LogP contribution in [0.3, 0.4) is 0 Å². The van der Waals surface area contributed by atoms with E-state index in [-0.39, 0.29) is 0 Å². The lowest BCUT2D eigenvalue weighted by atomic mass is 9.86. The largest absolute Gasteiger partial charge is 0.0628 e.